The molecule has 0 atom stereocenters. The van der Waals surface area contributed by atoms with Crippen LogP contribution in [0, 0.1) is 0 Å². The first kappa shape index (κ1) is 19.4. The Morgan fingerprint density at radius 2 is 1.62 bits per heavy atom. The molecule has 0 aliphatic carbocycles. The van der Waals surface area contributed by atoms with Gasteiger partial charge in [0.15, 0.2) is 0 Å². The van der Waals surface area contributed by atoms with Crippen LogP contribution < -0.4 is 10.1 Å². The van der Waals surface area contributed by atoms with E-state index in [1.807, 2.05) is 12.1 Å². The third-order valence-corrected chi connectivity index (χ3v) is 4.03. The maximum absolute atomic E-state index is 11.7. The number of carbonyl (C=O) groups excluding carboxylic acids is 2. The number of hydrogen-bond acceptors (Lipinski definition) is 3. The minimum atomic E-state index is -0.524. The molecule has 1 N–H and O–H groups in total. The smallest absolute Gasteiger partial charge is 0.330 e. The highest BCUT2D eigenvalue weighted by Gasteiger charge is 2.06. The molecule has 0 heterocycles. The van der Waals surface area contributed by atoms with Crippen molar-refractivity contribution in [1.82, 2.24) is 5.32 Å². The van der Waals surface area contributed by atoms with Crippen molar-refractivity contribution in [2.24, 2.45) is 0 Å². The van der Waals surface area contributed by atoms with E-state index in [1.54, 1.807) is 12.1 Å². The minimum absolute atomic E-state index is 0.188. The first-order valence-electron chi connectivity index (χ1n) is 8.92. The Kier molecular flexibility index (Phi) is 7.62. The Labute approximate surface area is 154 Å². The molecule has 4 nitrogen and oxygen atoms in total. The molecule has 0 aliphatic rings. The molecule has 2 aromatic rings. The summed E-state index contributed by atoms with van der Waals surface area (Å²) in [5, 5.41) is 2.38. The average molecular weight is 351 g/mol. The SMILES string of the molecule is C=CC(=O)NCC(=O)Oc1ccc(-c2ccc(CCCCC)cc2)cc1. The summed E-state index contributed by atoms with van der Waals surface area (Å²) in [7, 11) is 0. The van der Waals surface area contributed by atoms with Crippen molar-refractivity contribution < 1.29 is 14.3 Å². The topological polar surface area (TPSA) is 55.4 Å². The lowest BCUT2D eigenvalue weighted by atomic mass is 10.0. The number of benzene rings is 2. The maximum Gasteiger partial charge on any atom is 0.330 e. The molecular weight excluding hydrogens is 326 g/mol. The molecule has 0 aliphatic heterocycles. The van der Waals surface area contributed by atoms with Gasteiger partial charge in [-0.25, -0.2) is 4.79 Å². The number of amides is 1. The summed E-state index contributed by atoms with van der Waals surface area (Å²) in [5.41, 5.74) is 3.54. The third-order valence-electron chi connectivity index (χ3n) is 4.03. The normalized spacial score (nSPS) is 10.2. The van der Waals surface area contributed by atoms with Crippen LogP contribution in [0.3, 0.4) is 0 Å². The Balaban J connectivity index is 1.91. The molecule has 0 radical (unpaired) electrons. The second-order valence-corrected chi connectivity index (χ2v) is 6.07. The number of rotatable bonds is 9. The molecule has 2 aromatic carbocycles. The number of hydrogen-bond donors (Lipinski definition) is 1. The number of aryl methyl sites for hydroxylation is 1. The van der Waals surface area contributed by atoms with E-state index in [0.717, 1.165) is 23.6 Å². The molecule has 0 saturated heterocycles. The van der Waals surface area contributed by atoms with Gasteiger partial charge in [0.05, 0.1) is 0 Å². The molecule has 26 heavy (non-hydrogen) atoms. The van der Waals surface area contributed by atoms with Crippen molar-refractivity contribution in [2.45, 2.75) is 32.6 Å². The zero-order valence-electron chi connectivity index (χ0n) is 15.2. The van der Waals surface area contributed by atoms with Crippen LogP contribution in [0.4, 0.5) is 0 Å². The molecule has 0 bridgehead atoms. The Hall–Kier alpha value is -2.88. The van der Waals surface area contributed by atoms with Crippen molar-refractivity contribution in [3.05, 3.63) is 66.7 Å². The molecule has 0 spiro atoms. The second kappa shape index (κ2) is 10.2. The van der Waals surface area contributed by atoms with Gasteiger partial charge in [-0.3, -0.25) is 4.79 Å². The van der Waals surface area contributed by atoms with E-state index in [9.17, 15) is 9.59 Å². The van der Waals surface area contributed by atoms with Crippen LogP contribution in [-0.2, 0) is 16.0 Å². The van der Waals surface area contributed by atoms with Gasteiger partial charge in [-0.05, 0) is 47.7 Å². The monoisotopic (exact) mass is 351 g/mol. The Bertz CT molecular complexity index is 733. The molecule has 0 aromatic heterocycles. The summed E-state index contributed by atoms with van der Waals surface area (Å²) < 4.78 is 5.19. The number of carbonyl (C=O) groups is 2. The molecular formula is C22H25NO3. The van der Waals surface area contributed by atoms with Crippen LogP contribution in [0.15, 0.2) is 61.2 Å². The highest BCUT2D eigenvalue weighted by atomic mass is 16.5. The van der Waals surface area contributed by atoms with Crippen molar-refractivity contribution in [2.75, 3.05) is 6.54 Å². The lowest BCUT2D eigenvalue weighted by Crippen LogP contribution is -2.30. The molecule has 1 amide bonds. The van der Waals surface area contributed by atoms with E-state index < -0.39 is 11.9 Å². The standard InChI is InChI=1S/C22H25NO3/c1-3-5-6-7-17-8-10-18(11-9-17)19-12-14-20(15-13-19)26-22(25)16-23-21(24)4-2/h4,8-15H,2-3,5-7,16H2,1H3,(H,23,24). The van der Waals surface area contributed by atoms with Gasteiger partial charge < -0.3 is 10.1 Å². The van der Waals surface area contributed by atoms with Gasteiger partial charge in [0, 0.05) is 0 Å². The Morgan fingerprint density at radius 1 is 1.00 bits per heavy atom. The predicted octanol–water partition coefficient (Wildman–Crippen LogP) is 4.29. The van der Waals surface area contributed by atoms with Gasteiger partial charge in [-0.2, -0.15) is 0 Å². The van der Waals surface area contributed by atoms with Crippen molar-refractivity contribution >= 4 is 11.9 Å². The quantitative estimate of drug-likeness (QED) is 0.317. The fourth-order valence-electron chi connectivity index (χ4n) is 2.56. The number of unbranched alkanes of at least 4 members (excludes halogenated alkanes) is 2. The molecule has 0 unspecified atom stereocenters. The fourth-order valence-corrected chi connectivity index (χ4v) is 2.56. The van der Waals surface area contributed by atoms with Crippen molar-refractivity contribution in [3.63, 3.8) is 0 Å². The first-order valence-corrected chi connectivity index (χ1v) is 8.92. The molecule has 4 heteroatoms. The van der Waals surface area contributed by atoms with E-state index in [0.29, 0.717) is 5.75 Å². The van der Waals surface area contributed by atoms with Crippen molar-refractivity contribution in [3.8, 4) is 16.9 Å². The molecule has 0 fully saturated rings. The molecule has 2 rings (SSSR count). The first-order chi connectivity index (χ1) is 12.6. The van der Waals surface area contributed by atoms with Gasteiger partial charge in [0.1, 0.15) is 12.3 Å². The van der Waals surface area contributed by atoms with Gasteiger partial charge in [0.25, 0.3) is 0 Å². The minimum Gasteiger partial charge on any atom is -0.425 e. The second-order valence-electron chi connectivity index (χ2n) is 6.07. The summed E-state index contributed by atoms with van der Waals surface area (Å²) in [4.78, 5) is 22.7. The van der Waals surface area contributed by atoms with Crippen LogP contribution in [0.5, 0.6) is 5.75 Å². The number of esters is 1. The predicted molar refractivity (Wildman–Crippen MR) is 104 cm³/mol. The number of nitrogens with one attached hydrogen (secondary N) is 1. The summed E-state index contributed by atoms with van der Waals surface area (Å²) in [6.07, 6.45) is 5.94. The highest BCUT2D eigenvalue weighted by Crippen LogP contribution is 2.23. The van der Waals surface area contributed by atoms with Crippen LogP contribution >= 0.6 is 0 Å². The van der Waals surface area contributed by atoms with Gasteiger partial charge in [0.2, 0.25) is 5.91 Å². The zero-order chi connectivity index (χ0) is 18.8. The highest BCUT2D eigenvalue weighted by molar-refractivity contribution is 5.90. The fraction of sp³-hybridized carbons (Fsp3) is 0.273. The summed E-state index contributed by atoms with van der Waals surface area (Å²) in [6, 6.07) is 15.9. The summed E-state index contributed by atoms with van der Waals surface area (Å²) in [5.74, 6) is -0.484. The van der Waals surface area contributed by atoms with E-state index >= 15 is 0 Å². The maximum atomic E-state index is 11.7. The van der Waals surface area contributed by atoms with E-state index in [1.165, 1.54) is 24.8 Å². The summed E-state index contributed by atoms with van der Waals surface area (Å²) in [6.45, 7) is 5.34. The van der Waals surface area contributed by atoms with Gasteiger partial charge in [-0.1, -0.05) is 62.7 Å². The zero-order valence-corrected chi connectivity index (χ0v) is 15.2. The lowest BCUT2D eigenvalue weighted by Gasteiger charge is -2.07. The average Bonchev–Trinajstić information content (AvgIpc) is 2.67. The van der Waals surface area contributed by atoms with Gasteiger partial charge in [-0.15, -0.1) is 0 Å². The van der Waals surface area contributed by atoms with E-state index in [4.69, 9.17) is 4.74 Å². The summed E-state index contributed by atoms with van der Waals surface area (Å²) >= 11 is 0. The largest absolute Gasteiger partial charge is 0.425 e. The van der Waals surface area contributed by atoms with Crippen LogP contribution in [0.1, 0.15) is 31.7 Å². The van der Waals surface area contributed by atoms with Gasteiger partial charge >= 0.3 is 5.97 Å². The molecule has 136 valence electrons. The third kappa shape index (κ3) is 6.20. The van der Waals surface area contributed by atoms with Crippen LogP contribution in [0.2, 0.25) is 0 Å². The van der Waals surface area contributed by atoms with Crippen LogP contribution in [0.25, 0.3) is 11.1 Å². The van der Waals surface area contributed by atoms with E-state index in [2.05, 4.69) is 43.1 Å². The van der Waals surface area contributed by atoms with E-state index in [-0.39, 0.29) is 6.54 Å². The van der Waals surface area contributed by atoms with Crippen LogP contribution in [-0.4, -0.2) is 18.4 Å². The Morgan fingerprint density at radius 3 is 2.19 bits per heavy atom. The lowest BCUT2D eigenvalue weighted by molar-refractivity contribution is -0.134. The number of ether oxygens (including phenoxy) is 1. The molecule has 0 saturated carbocycles. The van der Waals surface area contributed by atoms with Crippen molar-refractivity contribution in [1.29, 1.82) is 0 Å².